The number of pyridine rings is 4. The number of halogens is 3. The normalized spacial score (nSPS) is 15.2. The minimum Gasteiger partial charge on any atom is -0.374 e. The van der Waals surface area contributed by atoms with Crippen LogP contribution in [-0.2, 0) is 11.2 Å². The number of nitrogens with zero attached hydrogens (tertiary/aromatic N) is 8. The Hall–Kier alpha value is -7.34. The molecule has 2 fully saturated rings. The number of H-pyrrole nitrogens is 2. The molecule has 17 heteroatoms. The number of aliphatic hydroxyl groups is 2. The number of benzene rings is 2. The average molecular weight is 1030 g/mol. The summed E-state index contributed by atoms with van der Waals surface area (Å²) in [6.07, 6.45) is 8.90. The maximum atomic E-state index is 15.8. The molecule has 0 bridgehead atoms. The Morgan fingerprint density at radius 3 is 1.46 bits per heavy atom. The van der Waals surface area contributed by atoms with Crippen LogP contribution < -0.4 is 0 Å². The van der Waals surface area contributed by atoms with Gasteiger partial charge in [-0.15, -0.1) is 0 Å². The van der Waals surface area contributed by atoms with Crippen molar-refractivity contribution in [1.29, 1.82) is 0 Å². The summed E-state index contributed by atoms with van der Waals surface area (Å²) in [5.41, 5.74) is 5.23. The minimum atomic E-state index is -1.97. The fraction of sp³-hybridized carbons (Fsp3) is 0.273. The Morgan fingerprint density at radius 1 is 0.556 bits per heavy atom. The van der Waals surface area contributed by atoms with Gasteiger partial charge in [-0.3, -0.25) is 15.0 Å². The molecular weight excluding hydrogens is 983 g/mol. The molecular formula is C55H51BrF2N10O4. The van der Waals surface area contributed by atoms with Crippen LogP contribution in [0.3, 0.4) is 0 Å². The van der Waals surface area contributed by atoms with Crippen LogP contribution in [0, 0.1) is 53.2 Å². The van der Waals surface area contributed by atoms with Gasteiger partial charge in [-0.1, -0.05) is 29.9 Å². The molecule has 4 N–H and O–H groups in total. The summed E-state index contributed by atoms with van der Waals surface area (Å²) in [4.78, 5) is 33.9. The number of hydrogen-bond acceptors (Lipinski definition) is 12. The van der Waals surface area contributed by atoms with E-state index in [4.69, 9.17) is 19.0 Å². The van der Waals surface area contributed by atoms with Crippen LogP contribution in [0.5, 0.6) is 0 Å². The Balaban J connectivity index is 0.000000163. The third kappa shape index (κ3) is 8.18. The Labute approximate surface area is 421 Å². The van der Waals surface area contributed by atoms with Gasteiger partial charge in [-0.25, -0.2) is 23.7 Å². The Kier molecular flexibility index (Phi) is 12.3. The molecule has 0 spiro atoms. The maximum Gasteiger partial charge on any atom is 0.162 e. The van der Waals surface area contributed by atoms with E-state index in [0.717, 1.165) is 82.0 Å². The van der Waals surface area contributed by atoms with Gasteiger partial charge >= 0.3 is 0 Å². The highest BCUT2D eigenvalue weighted by atomic mass is 79.9. The highest BCUT2D eigenvalue weighted by Gasteiger charge is 2.44. The first kappa shape index (κ1) is 48.3. The van der Waals surface area contributed by atoms with E-state index in [1.54, 1.807) is 62.6 Å². The fourth-order valence-electron chi connectivity index (χ4n) is 9.71. The standard InChI is InChI=1S/C27H23BrFN5O2.C27H24FN5O2.CH4/c1-13-23(15(3)36-34-13)17-10-19(25-20(11-17)32-26(33-25)16-7-8-16)27(35,21-6-4-5-9-30-21)18-12-22(28)31-14(2)24(18)29;1-14-23(16(3)35-33-14)18-12-20(25-21(13-18)31-26(32-25)17-7-8-17)27(34,22-6-4-5-10-30-22)19-9-11-29-15(2)24(19)28;/h4-6,9-12,16,35H,7-8H2,1-3H3,(H,32,33);4-6,9-13,17,34H,7-8H2,1-3H3,(H,31,32);1H4. The number of fused-ring (bicyclic) bond motifs is 2. The van der Waals surface area contributed by atoms with Gasteiger partial charge in [0.25, 0.3) is 0 Å². The number of rotatable bonds is 10. The molecule has 2 unspecified atom stereocenters. The number of nitrogens with one attached hydrogen (secondary N) is 2. The van der Waals surface area contributed by atoms with E-state index in [2.05, 4.69) is 56.1 Å². The molecule has 366 valence electrons. The van der Waals surface area contributed by atoms with E-state index in [0.29, 0.717) is 50.1 Å². The minimum absolute atomic E-state index is 0. The number of aryl methyl sites for hydroxylation is 6. The number of aromatic nitrogens is 10. The van der Waals surface area contributed by atoms with Gasteiger partial charge in [0.05, 0.1) is 56.2 Å². The zero-order valence-electron chi connectivity index (χ0n) is 39.6. The summed E-state index contributed by atoms with van der Waals surface area (Å²) in [5, 5.41) is 33.4. The molecule has 2 aromatic carbocycles. The van der Waals surface area contributed by atoms with Crippen molar-refractivity contribution < 1.29 is 28.0 Å². The molecule has 0 aliphatic heterocycles. The third-order valence-corrected chi connectivity index (χ3v) is 14.0. The van der Waals surface area contributed by atoms with E-state index in [-0.39, 0.29) is 41.3 Å². The first-order valence-electron chi connectivity index (χ1n) is 23.3. The van der Waals surface area contributed by atoms with Gasteiger partial charge in [0.1, 0.15) is 27.8 Å². The van der Waals surface area contributed by atoms with Gasteiger partial charge in [0.2, 0.25) is 0 Å². The van der Waals surface area contributed by atoms with E-state index >= 15 is 8.78 Å². The highest BCUT2D eigenvalue weighted by Crippen LogP contribution is 2.48. The molecule has 0 saturated heterocycles. The fourth-order valence-corrected chi connectivity index (χ4v) is 10.2. The van der Waals surface area contributed by atoms with Crippen molar-refractivity contribution in [2.75, 3.05) is 0 Å². The van der Waals surface area contributed by atoms with E-state index in [1.165, 1.54) is 18.3 Å². The predicted molar refractivity (Wildman–Crippen MR) is 271 cm³/mol. The van der Waals surface area contributed by atoms with Crippen LogP contribution in [0.4, 0.5) is 8.78 Å². The second kappa shape index (κ2) is 18.4. The lowest BCUT2D eigenvalue weighted by Gasteiger charge is -2.30. The lowest BCUT2D eigenvalue weighted by atomic mass is 9.81. The monoisotopic (exact) mass is 1030 g/mol. The van der Waals surface area contributed by atoms with E-state index in [1.807, 2.05) is 52.0 Å². The van der Waals surface area contributed by atoms with Crippen molar-refractivity contribution in [3.63, 3.8) is 0 Å². The van der Waals surface area contributed by atoms with Crippen LogP contribution in [0.2, 0.25) is 0 Å². The zero-order valence-corrected chi connectivity index (χ0v) is 41.2. The van der Waals surface area contributed by atoms with Crippen molar-refractivity contribution in [3.05, 3.63) is 187 Å². The van der Waals surface area contributed by atoms with Crippen molar-refractivity contribution in [1.82, 2.24) is 50.2 Å². The molecule has 14 nitrogen and oxygen atoms in total. The summed E-state index contributed by atoms with van der Waals surface area (Å²) in [5.74, 6) is 2.54. The van der Waals surface area contributed by atoms with Crippen molar-refractivity contribution >= 4 is 38.0 Å². The summed E-state index contributed by atoms with van der Waals surface area (Å²) in [6, 6.07) is 21.1. The molecule has 2 aliphatic carbocycles. The lowest BCUT2D eigenvalue weighted by Crippen LogP contribution is -2.32. The molecule has 8 heterocycles. The topological polar surface area (TPSA) is 201 Å². The molecule has 72 heavy (non-hydrogen) atoms. The SMILES string of the molecule is C.Cc1nc(Br)cc(C(O)(c2ccccn2)c2cc(-c3c(C)noc3C)cc3[nH]c(C4CC4)nc23)c1F.Cc1nccc(C(O)(c2ccccn2)c2cc(-c3c(C)noc3C)cc3[nH]c(C4CC4)nc23)c1F. The molecule has 0 radical (unpaired) electrons. The van der Waals surface area contributed by atoms with Crippen LogP contribution >= 0.6 is 15.9 Å². The zero-order chi connectivity index (χ0) is 49.5. The first-order chi connectivity index (χ1) is 34.1. The van der Waals surface area contributed by atoms with Crippen molar-refractivity contribution in [2.24, 2.45) is 0 Å². The summed E-state index contributed by atoms with van der Waals surface area (Å²) in [6.45, 7) is 10.6. The van der Waals surface area contributed by atoms with Gasteiger partial charge < -0.3 is 29.2 Å². The van der Waals surface area contributed by atoms with Gasteiger partial charge in [-0.2, -0.15) is 0 Å². The quantitative estimate of drug-likeness (QED) is 0.0946. The maximum absolute atomic E-state index is 15.8. The largest absolute Gasteiger partial charge is 0.374 e. The van der Waals surface area contributed by atoms with Crippen LogP contribution in [-0.4, -0.2) is 60.4 Å². The summed E-state index contributed by atoms with van der Waals surface area (Å²) >= 11 is 3.38. The van der Waals surface area contributed by atoms with E-state index < -0.39 is 22.8 Å². The highest BCUT2D eigenvalue weighted by molar-refractivity contribution is 9.10. The number of imidazole rings is 2. The third-order valence-electron chi connectivity index (χ3n) is 13.6. The van der Waals surface area contributed by atoms with Crippen molar-refractivity contribution in [3.8, 4) is 22.3 Å². The summed E-state index contributed by atoms with van der Waals surface area (Å²) in [7, 11) is 0. The van der Waals surface area contributed by atoms with Gasteiger partial charge in [0, 0.05) is 63.8 Å². The second-order valence-electron chi connectivity index (χ2n) is 18.5. The second-order valence-corrected chi connectivity index (χ2v) is 19.3. The smallest absolute Gasteiger partial charge is 0.162 e. The van der Waals surface area contributed by atoms with Gasteiger partial charge in [0.15, 0.2) is 22.8 Å². The van der Waals surface area contributed by atoms with Gasteiger partial charge in [-0.05, 0) is 155 Å². The molecule has 2 saturated carbocycles. The average Bonchev–Trinajstić information content (AvgIpc) is 4.26. The Bertz CT molecular complexity index is 3640. The molecule has 2 aliphatic rings. The molecule has 2 atom stereocenters. The number of aromatic amines is 2. The first-order valence-corrected chi connectivity index (χ1v) is 24.1. The molecule has 10 aromatic rings. The Morgan fingerprint density at radius 2 is 1.03 bits per heavy atom. The predicted octanol–water partition coefficient (Wildman–Crippen LogP) is 11.9. The van der Waals surface area contributed by atoms with Crippen LogP contribution in [0.25, 0.3) is 44.3 Å². The van der Waals surface area contributed by atoms with Crippen LogP contribution in [0.1, 0.15) is 125 Å². The molecule has 0 amide bonds. The number of hydrogen-bond donors (Lipinski definition) is 4. The van der Waals surface area contributed by atoms with Crippen LogP contribution in [0.15, 0.2) is 105 Å². The van der Waals surface area contributed by atoms with E-state index in [9.17, 15) is 10.2 Å². The molecule has 8 aromatic heterocycles. The molecule has 12 rings (SSSR count). The van der Waals surface area contributed by atoms with Crippen molar-refractivity contribution in [2.45, 2.75) is 97.7 Å². The lowest BCUT2D eigenvalue weighted by molar-refractivity contribution is 0.117. The summed E-state index contributed by atoms with van der Waals surface area (Å²) < 4.78 is 42.6.